The first-order valence-electron chi connectivity index (χ1n) is 5.50. The maximum Gasteiger partial charge on any atom is 0.340 e. The van der Waals surface area contributed by atoms with Gasteiger partial charge in [0.2, 0.25) is 0 Å². The summed E-state index contributed by atoms with van der Waals surface area (Å²) < 4.78 is 4.65. The zero-order valence-electron chi connectivity index (χ0n) is 10.4. The van der Waals surface area contributed by atoms with Crippen molar-refractivity contribution in [2.24, 2.45) is 10.2 Å². The first-order chi connectivity index (χ1) is 9.13. The zero-order valence-corrected chi connectivity index (χ0v) is 10.4. The normalized spacial score (nSPS) is 10.8. The number of aryl methyl sites for hydroxylation is 1. The van der Waals surface area contributed by atoms with Gasteiger partial charge in [0, 0.05) is 0 Å². The van der Waals surface area contributed by atoms with Crippen molar-refractivity contribution < 1.29 is 9.53 Å². The molecule has 0 aliphatic carbocycles. The highest BCUT2D eigenvalue weighted by Gasteiger charge is 2.11. The number of H-pyrrole nitrogens is 2. The SMILES string of the molecule is COC(=O)c1ccccc1N=Nc1c(C)[nH][nH]c1=O. The Balaban J connectivity index is 2.39. The maximum absolute atomic E-state index is 11.5. The van der Waals surface area contributed by atoms with Crippen LogP contribution in [0.5, 0.6) is 0 Å². The Kier molecular flexibility index (Phi) is 3.56. The lowest BCUT2D eigenvalue weighted by atomic mass is 10.2. The van der Waals surface area contributed by atoms with Crippen LogP contribution in [0, 0.1) is 6.92 Å². The van der Waals surface area contributed by atoms with Crippen LogP contribution < -0.4 is 5.56 Å². The first-order valence-corrected chi connectivity index (χ1v) is 5.50. The maximum atomic E-state index is 11.5. The first kappa shape index (κ1) is 12.7. The van der Waals surface area contributed by atoms with Crippen molar-refractivity contribution in [3.05, 3.63) is 45.9 Å². The van der Waals surface area contributed by atoms with E-state index in [1.807, 2.05) is 0 Å². The summed E-state index contributed by atoms with van der Waals surface area (Å²) in [4.78, 5) is 22.9. The predicted molar refractivity (Wildman–Crippen MR) is 68.1 cm³/mol. The lowest BCUT2D eigenvalue weighted by Crippen LogP contribution is -2.01. The van der Waals surface area contributed by atoms with E-state index < -0.39 is 5.97 Å². The Bertz CT molecular complexity index is 684. The van der Waals surface area contributed by atoms with Gasteiger partial charge in [0.15, 0.2) is 5.69 Å². The van der Waals surface area contributed by atoms with Crippen molar-refractivity contribution in [1.82, 2.24) is 10.2 Å². The number of nitrogens with zero attached hydrogens (tertiary/aromatic N) is 2. The van der Waals surface area contributed by atoms with Crippen LogP contribution in [0.25, 0.3) is 0 Å². The van der Waals surface area contributed by atoms with E-state index in [1.165, 1.54) is 7.11 Å². The summed E-state index contributed by atoms with van der Waals surface area (Å²) in [7, 11) is 1.29. The number of ether oxygens (including phenoxy) is 1. The lowest BCUT2D eigenvalue weighted by Gasteiger charge is -2.01. The largest absolute Gasteiger partial charge is 0.465 e. The van der Waals surface area contributed by atoms with Crippen molar-refractivity contribution in [2.75, 3.05) is 7.11 Å². The molecule has 0 fully saturated rings. The molecule has 0 spiro atoms. The lowest BCUT2D eigenvalue weighted by molar-refractivity contribution is 0.0601. The van der Waals surface area contributed by atoms with Crippen molar-refractivity contribution in [2.45, 2.75) is 6.92 Å². The van der Waals surface area contributed by atoms with Crippen LogP contribution in [0.3, 0.4) is 0 Å². The minimum atomic E-state index is -0.505. The van der Waals surface area contributed by atoms with Gasteiger partial charge >= 0.3 is 5.97 Å². The molecule has 1 aromatic heterocycles. The quantitative estimate of drug-likeness (QED) is 0.653. The van der Waals surface area contributed by atoms with Crippen LogP contribution >= 0.6 is 0 Å². The minimum Gasteiger partial charge on any atom is -0.465 e. The molecule has 0 unspecified atom stereocenters. The number of esters is 1. The number of aromatic amines is 2. The van der Waals surface area contributed by atoms with Crippen molar-refractivity contribution in [1.29, 1.82) is 0 Å². The van der Waals surface area contributed by atoms with Gasteiger partial charge < -0.3 is 9.84 Å². The molecule has 1 aromatic carbocycles. The topological polar surface area (TPSA) is 99.7 Å². The van der Waals surface area contributed by atoms with Gasteiger partial charge in [-0.1, -0.05) is 12.1 Å². The van der Waals surface area contributed by atoms with Crippen molar-refractivity contribution in [3.63, 3.8) is 0 Å². The summed E-state index contributed by atoms with van der Waals surface area (Å²) in [6.07, 6.45) is 0. The number of azo groups is 1. The Hall–Kier alpha value is -2.70. The molecular formula is C12H12N4O3. The summed E-state index contributed by atoms with van der Waals surface area (Å²) in [5.41, 5.74) is 1.02. The summed E-state index contributed by atoms with van der Waals surface area (Å²) >= 11 is 0. The monoisotopic (exact) mass is 260 g/mol. The zero-order chi connectivity index (χ0) is 13.8. The van der Waals surface area contributed by atoms with Gasteiger partial charge in [-0.2, -0.15) is 0 Å². The van der Waals surface area contributed by atoms with Crippen LogP contribution in [0.4, 0.5) is 11.4 Å². The molecule has 7 nitrogen and oxygen atoms in total. The number of rotatable bonds is 3. The molecule has 1 heterocycles. The van der Waals surface area contributed by atoms with Crippen LogP contribution in [0.15, 0.2) is 39.3 Å². The molecule has 0 atom stereocenters. The van der Waals surface area contributed by atoms with Gasteiger partial charge in [-0.3, -0.25) is 9.89 Å². The Morgan fingerprint density at radius 3 is 2.58 bits per heavy atom. The average molecular weight is 260 g/mol. The highest BCUT2D eigenvalue weighted by molar-refractivity contribution is 5.94. The Morgan fingerprint density at radius 2 is 1.95 bits per heavy atom. The number of hydrogen-bond acceptors (Lipinski definition) is 5. The van der Waals surface area contributed by atoms with E-state index in [9.17, 15) is 9.59 Å². The number of nitrogens with one attached hydrogen (secondary N) is 2. The molecule has 98 valence electrons. The third-order valence-corrected chi connectivity index (χ3v) is 2.50. The van der Waals surface area contributed by atoms with Gasteiger partial charge in [0.25, 0.3) is 5.56 Å². The van der Waals surface area contributed by atoms with E-state index >= 15 is 0 Å². The average Bonchev–Trinajstić information content (AvgIpc) is 2.75. The van der Waals surface area contributed by atoms with Crippen LogP contribution in [0.1, 0.15) is 16.1 Å². The molecule has 0 aliphatic rings. The molecule has 0 amide bonds. The number of hydrogen-bond donors (Lipinski definition) is 2. The molecule has 19 heavy (non-hydrogen) atoms. The number of methoxy groups -OCH3 is 1. The Labute approximate surface area is 108 Å². The number of benzene rings is 1. The molecule has 0 saturated carbocycles. The summed E-state index contributed by atoms with van der Waals surface area (Å²) in [6, 6.07) is 6.61. The van der Waals surface area contributed by atoms with Gasteiger partial charge in [0.05, 0.1) is 18.4 Å². The molecule has 2 rings (SSSR count). The van der Waals surface area contributed by atoms with E-state index in [2.05, 4.69) is 25.2 Å². The van der Waals surface area contributed by atoms with Crippen molar-refractivity contribution in [3.8, 4) is 0 Å². The highest BCUT2D eigenvalue weighted by Crippen LogP contribution is 2.22. The van der Waals surface area contributed by atoms with E-state index in [-0.39, 0.29) is 11.2 Å². The minimum absolute atomic E-state index is 0.180. The van der Waals surface area contributed by atoms with Crippen molar-refractivity contribution >= 4 is 17.3 Å². The van der Waals surface area contributed by atoms with E-state index in [1.54, 1.807) is 31.2 Å². The second kappa shape index (κ2) is 5.30. The number of carbonyl (C=O) groups is 1. The summed E-state index contributed by atoms with van der Waals surface area (Å²) in [5, 5.41) is 12.8. The fourth-order valence-corrected chi connectivity index (χ4v) is 1.51. The molecule has 7 heteroatoms. The molecule has 0 bridgehead atoms. The molecule has 2 N–H and O–H groups in total. The fourth-order valence-electron chi connectivity index (χ4n) is 1.51. The van der Waals surface area contributed by atoms with Crippen LogP contribution in [-0.4, -0.2) is 23.3 Å². The van der Waals surface area contributed by atoms with Crippen LogP contribution in [0.2, 0.25) is 0 Å². The molecular weight excluding hydrogens is 248 g/mol. The van der Waals surface area contributed by atoms with Gasteiger partial charge in [0.1, 0.15) is 5.69 Å². The molecule has 0 aliphatic heterocycles. The van der Waals surface area contributed by atoms with Gasteiger partial charge in [-0.15, -0.1) is 10.2 Å². The second-order valence-electron chi connectivity index (χ2n) is 3.76. The standard InChI is InChI=1S/C12H12N4O3/c1-7-10(11(17)16-13-7)15-14-9-6-4-3-5-8(9)12(18)19-2/h3-6H,1-2H3,(H2,13,16,17). The predicted octanol–water partition coefficient (Wildman–Crippen LogP) is 2.21. The molecule has 0 saturated heterocycles. The second-order valence-corrected chi connectivity index (χ2v) is 3.76. The van der Waals surface area contributed by atoms with E-state index in [0.717, 1.165) is 0 Å². The van der Waals surface area contributed by atoms with Gasteiger partial charge in [-0.05, 0) is 19.1 Å². The third kappa shape index (κ3) is 2.59. The van der Waals surface area contributed by atoms with E-state index in [4.69, 9.17) is 0 Å². The smallest absolute Gasteiger partial charge is 0.340 e. The number of aromatic nitrogens is 2. The molecule has 0 radical (unpaired) electrons. The molecule has 2 aromatic rings. The van der Waals surface area contributed by atoms with E-state index in [0.29, 0.717) is 16.9 Å². The summed E-state index contributed by atoms with van der Waals surface area (Å²) in [6.45, 7) is 1.69. The fraction of sp³-hybridized carbons (Fsp3) is 0.167. The highest BCUT2D eigenvalue weighted by atomic mass is 16.5. The van der Waals surface area contributed by atoms with Gasteiger partial charge in [-0.25, -0.2) is 4.79 Å². The Morgan fingerprint density at radius 1 is 1.21 bits per heavy atom. The van der Waals surface area contributed by atoms with Crippen LogP contribution in [-0.2, 0) is 4.74 Å². The number of carbonyl (C=O) groups excluding carboxylic acids is 1. The third-order valence-electron chi connectivity index (χ3n) is 2.50. The summed E-state index contributed by atoms with van der Waals surface area (Å²) in [5.74, 6) is -0.505.